The van der Waals surface area contributed by atoms with E-state index in [0.29, 0.717) is 0 Å². The first-order valence-electron chi connectivity index (χ1n) is 7.92. The molecule has 0 aromatic heterocycles. The Labute approximate surface area is 155 Å². The van der Waals surface area contributed by atoms with Crippen molar-refractivity contribution in [2.45, 2.75) is 18.9 Å². The van der Waals surface area contributed by atoms with Crippen LogP contribution in [0.15, 0.2) is 42.5 Å². The number of ether oxygens (including phenoxy) is 2. The summed E-state index contributed by atoms with van der Waals surface area (Å²) in [6, 6.07) is 13.6. The maximum absolute atomic E-state index is 12.9. The number of hydrogen-bond donors (Lipinski definition) is 0. The first-order valence-corrected chi connectivity index (χ1v) is 9.00. The van der Waals surface area contributed by atoms with Crippen LogP contribution in [0.5, 0.6) is 11.5 Å². The van der Waals surface area contributed by atoms with E-state index in [0.717, 1.165) is 45.6 Å². The number of halogens is 1. The van der Waals surface area contributed by atoms with Gasteiger partial charge in [0.05, 0.1) is 20.3 Å². The molecule has 126 valence electrons. The third kappa shape index (κ3) is 3.36. The molecule has 1 aliphatic heterocycles. The molecule has 1 heterocycles. The van der Waals surface area contributed by atoms with Gasteiger partial charge in [-0.2, -0.15) is 0 Å². The zero-order valence-electron chi connectivity index (χ0n) is 13.8. The van der Waals surface area contributed by atoms with E-state index in [1.165, 1.54) is 0 Å². The monoisotopic (exact) mass is 437 g/mol. The first kappa shape index (κ1) is 17.1. The Morgan fingerprint density at radius 1 is 1.12 bits per heavy atom. The predicted octanol–water partition coefficient (Wildman–Crippen LogP) is 4.29. The van der Waals surface area contributed by atoms with E-state index in [1.807, 2.05) is 47.4 Å². The van der Waals surface area contributed by atoms with E-state index in [2.05, 4.69) is 22.6 Å². The Bertz CT molecular complexity index is 730. The van der Waals surface area contributed by atoms with Gasteiger partial charge in [0.25, 0.3) is 5.91 Å². The van der Waals surface area contributed by atoms with Crippen molar-refractivity contribution >= 4 is 28.5 Å². The van der Waals surface area contributed by atoms with Crippen LogP contribution in [0.2, 0.25) is 0 Å². The molecule has 0 N–H and O–H groups in total. The van der Waals surface area contributed by atoms with Crippen molar-refractivity contribution in [3.8, 4) is 11.5 Å². The maximum atomic E-state index is 12.9. The smallest absolute Gasteiger partial charge is 0.254 e. The molecule has 2 aromatic carbocycles. The van der Waals surface area contributed by atoms with Gasteiger partial charge < -0.3 is 14.4 Å². The Kier molecular flexibility index (Phi) is 5.28. The minimum atomic E-state index is 0.0395. The summed E-state index contributed by atoms with van der Waals surface area (Å²) in [5, 5.41) is 0. The number of methoxy groups -OCH3 is 2. The lowest BCUT2D eigenvalue weighted by atomic mass is 10.0. The van der Waals surface area contributed by atoms with Gasteiger partial charge in [0.15, 0.2) is 0 Å². The molecular formula is C19H20INO3. The second-order valence-electron chi connectivity index (χ2n) is 5.77. The maximum Gasteiger partial charge on any atom is 0.254 e. The van der Waals surface area contributed by atoms with E-state index in [4.69, 9.17) is 9.47 Å². The molecule has 0 unspecified atom stereocenters. The van der Waals surface area contributed by atoms with E-state index in [-0.39, 0.29) is 11.9 Å². The number of hydrogen-bond acceptors (Lipinski definition) is 3. The summed E-state index contributed by atoms with van der Waals surface area (Å²) in [6.45, 7) is 0.769. The van der Waals surface area contributed by atoms with Gasteiger partial charge in [-0.1, -0.05) is 0 Å². The third-order valence-corrected chi connectivity index (χ3v) is 5.12. The molecule has 3 rings (SSSR count). The second kappa shape index (κ2) is 7.42. The number of likely N-dealkylation sites (tertiary alicyclic amines) is 1. The van der Waals surface area contributed by atoms with Gasteiger partial charge >= 0.3 is 0 Å². The fourth-order valence-electron chi connectivity index (χ4n) is 3.19. The molecule has 1 atom stereocenters. The number of nitrogens with zero attached hydrogens (tertiary/aromatic N) is 1. The molecular weight excluding hydrogens is 417 g/mol. The summed E-state index contributed by atoms with van der Waals surface area (Å²) in [5.74, 6) is 1.59. The van der Waals surface area contributed by atoms with Crippen molar-refractivity contribution in [3.63, 3.8) is 0 Å². The molecule has 1 saturated heterocycles. The Morgan fingerprint density at radius 3 is 2.54 bits per heavy atom. The lowest BCUT2D eigenvalue weighted by molar-refractivity contribution is 0.0734. The summed E-state index contributed by atoms with van der Waals surface area (Å²) in [7, 11) is 3.29. The molecule has 1 amide bonds. The molecule has 1 fully saturated rings. The Morgan fingerprint density at radius 2 is 1.88 bits per heavy atom. The molecule has 0 bridgehead atoms. The van der Waals surface area contributed by atoms with Crippen molar-refractivity contribution in [3.05, 3.63) is 57.2 Å². The van der Waals surface area contributed by atoms with Crippen LogP contribution >= 0.6 is 22.6 Å². The molecule has 0 radical (unpaired) electrons. The number of carbonyl (C=O) groups is 1. The highest BCUT2D eigenvalue weighted by Gasteiger charge is 2.32. The highest BCUT2D eigenvalue weighted by atomic mass is 127. The van der Waals surface area contributed by atoms with Crippen molar-refractivity contribution in [2.75, 3.05) is 20.8 Å². The van der Waals surface area contributed by atoms with Crippen molar-refractivity contribution < 1.29 is 14.3 Å². The van der Waals surface area contributed by atoms with Crippen molar-refractivity contribution in [1.82, 2.24) is 4.90 Å². The van der Waals surface area contributed by atoms with Gasteiger partial charge in [0.1, 0.15) is 11.5 Å². The van der Waals surface area contributed by atoms with E-state index in [9.17, 15) is 4.79 Å². The minimum absolute atomic E-state index is 0.0395. The molecule has 0 saturated carbocycles. The van der Waals surface area contributed by atoms with Gasteiger partial charge in [0, 0.05) is 27.3 Å². The fraction of sp³-hybridized carbons (Fsp3) is 0.316. The molecule has 5 heteroatoms. The van der Waals surface area contributed by atoms with Crippen LogP contribution in [0.3, 0.4) is 0 Å². The van der Waals surface area contributed by atoms with Crippen LogP contribution < -0.4 is 9.47 Å². The number of rotatable bonds is 4. The van der Waals surface area contributed by atoms with Crippen molar-refractivity contribution in [1.29, 1.82) is 0 Å². The number of carbonyl (C=O) groups excluding carboxylic acids is 1. The Balaban J connectivity index is 1.90. The van der Waals surface area contributed by atoms with Crippen LogP contribution in [0.1, 0.15) is 34.8 Å². The number of benzene rings is 2. The topological polar surface area (TPSA) is 38.8 Å². The van der Waals surface area contributed by atoms with Gasteiger partial charge in [0.2, 0.25) is 0 Å². The normalized spacial score (nSPS) is 17.0. The lowest BCUT2D eigenvalue weighted by Crippen LogP contribution is -2.30. The average molecular weight is 437 g/mol. The van der Waals surface area contributed by atoms with E-state index in [1.54, 1.807) is 14.2 Å². The minimum Gasteiger partial charge on any atom is -0.497 e. The van der Waals surface area contributed by atoms with Gasteiger partial charge in [-0.25, -0.2) is 0 Å². The van der Waals surface area contributed by atoms with Gasteiger partial charge in [-0.3, -0.25) is 4.79 Å². The van der Waals surface area contributed by atoms with E-state index < -0.39 is 0 Å². The van der Waals surface area contributed by atoms with Gasteiger partial charge in [-0.05, 0) is 71.8 Å². The van der Waals surface area contributed by atoms with Crippen LogP contribution in [-0.4, -0.2) is 31.6 Å². The van der Waals surface area contributed by atoms with E-state index >= 15 is 0 Å². The molecule has 24 heavy (non-hydrogen) atoms. The quantitative estimate of drug-likeness (QED) is 0.671. The summed E-state index contributed by atoms with van der Waals surface area (Å²) in [4.78, 5) is 14.9. The first-order chi connectivity index (χ1) is 11.6. The zero-order chi connectivity index (χ0) is 17.1. The number of amides is 1. The highest BCUT2D eigenvalue weighted by Crippen LogP contribution is 2.39. The lowest BCUT2D eigenvalue weighted by Gasteiger charge is -2.26. The molecule has 0 spiro atoms. The molecule has 4 nitrogen and oxygen atoms in total. The SMILES string of the molecule is COc1ccc([C@H]2CCCN2C(=O)c2ccc(I)cc2)c(OC)c1. The molecule has 0 aliphatic carbocycles. The van der Waals surface area contributed by atoms with Crippen LogP contribution in [0.25, 0.3) is 0 Å². The summed E-state index contributed by atoms with van der Waals surface area (Å²) in [6.07, 6.45) is 1.94. The fourth-order valence-corrected chi connectivity index (χ4v) is 3.54. The Hall–Kier alpha value is -1.76. The molecule has 1 aliphatic rings. The second-order valence-corrected chi connectivity index (χ2v) is 7.02. The van der Waals surface area contributed by atoms with Crippen molar-refractivity contribution in [2.24, 2.45) is 0 Å². The highest BCUT2D eigenvalue weighted by molar-refractivity contribution is 14.1. The summed E-state index contributed by atoms with van der Waals surface area (Å²) >= 11 is 2.24. The predicted molar refractivity (Wildman–Crippen MR) is 102 cm³/mol. The van der Waals surface area contributed by atoms with Gasteiger partial charge in [-0.15, -0.1) is 0 Å². The summed E-state index contributed by atoms with van der Waals surface area (Å²) < 4.78 is 11.9. The van der Waals surface area contributed by atoms with Crippen LogP contribution in [0, 0.1) is 3.57 Å². The summed E-state index contributed by atoms with van der Waals surface area (Å²) in [5.41, 5.74) is 1.77. The largest absolute Gasteiger partial charge is 0.497 e. The average Bonchev–Trinajstić information content (AvgIpc) is 3.10. The van der Waals surface area contributed by atoms with Crippen LogP contribution in [0.4, 0.5) is 0 Å². The third-order valence-electron chi connectivity index (χ3n) is 4.40. The van der Waals surface area contributed by atoms with Crippen LogP contribution in [-0.2, 0) is 0 Å². The molecule has 2 aromatic rings. The standard InChI is InChI=1S/C19H20INO3/c1-23-15-9-10-16(18(12-15)24-2)17-4-3-11-21(17)19(22)13-5-7-14(20)8-6-13/h5-10,12,17H,3-4,11H2,1-2H3/t17-/m1/s1. The zero-order valence-corrected chi connectivity index (χ0v) is 15.9.